The Balaban J connectivity index is 1.44. The molecular formula is C24H19F4N5O2. The van der Waals surface area contributed by atoms with Gasteiger partial charge in [0.05, 0.1) is 52.5 Å². The van der Waals surface area contributed by atoms with Gasteiger partial charge in [-0.05, 0) is 29.3 Å². The average Bonchev–Trinajstić information content (AvgIpc) is 3.38. The van der Waals surface area contributed by atoms with E-state index in [-0.39, 0.29) is 31.0 Å². The van der Waals surface area contributed by atoms with E-state index in [2.05, 4.69) is 10.1 Å². The van der Waals surface area contributed by atoms with Gasteiger partial charge in [0.1, 0.15) is 11.6 Å². The Kier molecular flexibility index (Phi) is 4.59. The van der Waals surface area contributed by atoms with Crippen molar-refractivity contribution < 1.29 is 27.1 Å². The largest absolute Gasteiger partial charge is 0.416 e. The van der Waals surface area contributed by atoms with E-state index in [4.69, 9.17) is 10.5 Å². The van der Waals surface area contributed by atoms with Crippen molar-refractivity contribution in [3.8, 4) is 0 Å². The third-order valence-electron chi connectivity index (χ3n) is 6.85. The fourth-order valence-electron chi connectivity index (χ4n) is 5.26. The smallest absolute Gasteiger partial charge is 0.383 e. The van der Waals surface area contributed by atoms with Gasteiger partial charge in [0.25, 0.3) is 5.91 Å². The molecule has 2 aliphatic rings. The maximum atomic E-state index is 15.2. The number of halogens is 4. The lowest BCUT2D eigenvalue weighted by atomic mass is 10.0. The summed E-state index contributed by atoms with van der Waals surface area (Å²) in [6.07, 6.45) is -3.17. The van der Waals surface area contributed by atoms with Crippen molar-refractivity contribution >= 4 is 33.5 Å². The maximum Gasteiger partial charge on any atom is 0.416 e. The molecule has 1 aliphatic heterocycles. The fourth-order valence-corrected chi connectivity index (χ4v) is 5.26. The highest BCUT2D eigenvalue weighted by molar-refractivity contribution is 6.10. The number of carbonyl (C=O) groups is 1. The number of nitrogen functional groups attached to an aromatic ring is 1. The van der Waals surface area contributed by atoms with Crippen LogP contribution in [0.3, 0.4) is 0 Å². The summed E-state index contributed by atoms with van der Waals surface area (Å²) in [5.74, 6) is -1.12. The van der Waals surface area contributed by atoms with E-state index >= 15 is 4.39 Å². The molecule has 11 heteroatoms. The first kappa shape index (κ1) is 21.8. The molecule has 1 fully saturated rings. The van der Waals surface area contributed by atoms with E-state index in [1.54, 1.807) is 17.9 Å². The summed E-state index contributed by atoms with van der Waals surface area (Å²) in [6.45, 7) is 0.380. The summed E-state index contributed by atoms with van der Waals surface area (Å²) in [7, 11) is 1.71. The topological polar surface area (TPSA) is 86.3 Å². The summed E-state index contributed by atoms with van der Waals surface area (Å²) >= 11 is 0. The summed E-state index contributed by atoms with van der Waals surface area (Å²) < 4.78 is 62.2. The lowest BCUT2D eigenvalue weighted by Gasteiger charge is -2.38. The number of carbonyl (C=O) groups excluding carboxylic acids is 1. The quantitative estimate of drug-likeness (QED) is 0.412. The second-order valence-electron chi connectivity index (χ2n) is 8.84. The molecule has 2 N–H and O–H groups in total. The number of fused-ring (bicyclic) bond motifs is 6. The predicted molar refractivity (Wildman–Crippen MR) is 119 cm³/mol. The van der Waals surface area contributed by atoms with E-state index in [9.17, 15) is 18.0 Å². The van der Waals surface area contributed by atoms with Crippen LogP contribution in [0.1, 0.15) is 33.1 Å². The van der Waals surface area contributed by atoms with Crippen molar-refractivity contribution in [1.82, 2.24) is 19.7 Å². The summed E-state index contributed by atoms with van der Waals surface area (Å²) in [5, 5.41) is 5.30. The fraction of sp³-hybridized carbons (Fsp3) is 0.292. The van der Waals surface area contributed by atoms with E-state index in [0.29, 0.717) is 32.9 Å². The average molecular weight is 485 g/mol. The molecule has 0 saturated carbocycles. The molecule has 0 bridgehead atoms. The normalized spacial score (nSPS) is 19.9. The molecule has 7 nitrogen and oxygen atoms in total. The molecule has 4 aromatic rings. The van der Waals surface area contributed by atoms with Gasteiger partial charge in [-0.3, -0.25) is 9.48 Å². The number of amides is 1. The number of pyridine rings is 1. The molecule has 2 atom stereocenters. The van der Waals surface area contributed by atoms with Crippen LogP contribution in [-0.4, -0.2) is 44.8 Å². The van der Waals surface area contributed by atoms with Crippen LogP contribution in [0.4, 0.5) is 23.4 Å². The predicted octanol–water partition coefficient (Wildman–Crippen LogP) is 4.00. The third-order valence-corrected chi connectivity index (χ3v) is 6.85. The van der Waals surface area contributed by atoms with Crippen molar-refractivity contribution in [1.29, 1.82) is 0 Å². The van der Waals surface area contributed by atoms with Crippen LogP contribution in [0, 0.1) is 5.82 Å². The molecule has 3 heterocycles. The molecule has 2 unspecified atom stereocenters. The zero-order valence-corrected chi connectivity index (χ0v) is 18.4. The molecule has 2 aromatic heterocycles. The number of nitrogens with zero attached hydrogens (tertiary/aromatic N) is 4. The van der Waals surface area contributed by atoms with E-state index < -0.39 is 35.6 Å². The Morgan fingerprint density at radius 1 is 1.20 bits per heavy atom. The first-order chi connectivity index (χ1) is 16.6. The van der Waals surface area contributed by atoms with Crippen molar-refractivity contribution in [2.45, 2.75) is 24.7 Å². The molecular weight excluding hydrogens is 466 g/mol. The summed E-state index contributed by atoms with van der Waals surface area (Å²) in [4.78, 5) is 19.4. The molecule has 1 aliphatic carbocycles. The lowest BCUT2D eigenvalue weighted by molar-refractivity contribution is -0.137. The molecule has 1 saturated heterocycles. The van der Waals surface area contributed by atoms with Gasteiger partial charge < -0.3 is 15.4 Å². The van der Waals surface area contributed by atoms with E-state index in [1.807, 2.05) is 0 Å². The number of ether oxygens (including phenoxy) is 1. The number of benzene rings is 2. The molecule has 180 valence electrons. The van der Waals surface area contributed by atoms with Gasteiger partial charge in [0, 0.05) is 31.5 Å². The van der Waals surface area contributed by atoms with Gasteiger partial charge in [0.2, 0.25) is 0 Å². The number of aromatic nitrogens is 3. The number of morpholine rings is 1. The molecule has 6 rings (SSSR count). The van der Waals surface area contributed by atoms with Crippen LogP contribution in [0.5, 0.6) is 0 Å². The minimum atomic E-state index is -4.47. The Hall–Kier alpha value is -3.73. The number of rotatable bonds is 1. The highest BCUT2D eigenvalue weighted by Crippen LogP contribution is 2.43. The monoisotopic (exact) mass is 485 g/mol. The van der Waals surface area contributed by atoms with Gasteiger partial charge in [-0.1, -0.05) is 6.07 Å². The summed E-state index contributed by atoms with van der Waals surface area (Å²) in [6, 6.07) is 5.50. The Bertz CT molecular complexity index is 1530. The van der Waals surface area contributed by atoms with Crippen LogP contribution >= 0.6 is 0 Å². The molecule has 35 heavy (non-hydrogen) atoms. The maximum absolute atomic E-state index is 15.2. The van der Waals surface area contributed by atoms with Crippen LogP contribution in [0.2, 0.25) is 0 Å². The first-order valence-corrected chi connectivity index (χ1v) is 11.0. The number of alkyl halides is 3. The zero-order valence-electron chi connectivity index (χ0n) is 18.4. The number of hydrogen-bond donors (Lipinski definition) is 1. The van der Waals surface area contributed by atoms with Gasteiger partial charge in [-0.15, -0.1) is 0 Å². The second-order valence-corrected chi connectivity index (χ2v) is 8.84. The Morgan fingerprint density at radius 2 is 2.00 bits per heavy atom. The van der Waals surface area contributed by atoms with E-state index in [0.717, 1.165) is 12.1 Å². The van der Waals surface area contributed by atoms with Gasteiger partial charge in [-0.25, -0.2) is 9.37 Å². The molecule has 0 radical (unpaired) electrons. The SMILES string of the molecule is Cn1ncc2c(N)nc3cc(F)c(C(=O)N4CCOC5Cc6cc(C(F)(F)F)ccc6C54)cc3c21. The van der Waals surface area contributed by atoms with Gasteiger partial charge >= 0.3 is 6.18 Å². The van der Waals surface area contributed by atoms with Gasteiger partial charge in [-0.2, -0.15) is 18.3 Å². The zero-order chi connectivity index (χ0) is 24.6. The minimum Gasteiger partial charge on any atom is -0.383 e. The van der Waals surface area contributed by atoms with E-state index in [1.165, 1.54) is 23.1 Å². The van der Waals surface area contributed by atoms with Crippen LogP contribution < -0.4 is 5.73 Å². The third kappa shape index (κ3) is 3.25. The number of anilines is 1. The summed E-state index contributed by atoms with van der Waals surface area (Å²) in [5.41, 5.74) is 7.05. The highest BCUT2D eigenvalue weighted by atomic mass is 19.4. The lowest BCUT2D eigenvalue weighted by Crippen LogP contribution is -2.46. The second kappa shape index (κ2) is 7.38. The standard InChI is InChI=1S/C24H19F4N5O2/c1-32-20-15-8-14(17(25)9-18(15)31-22(29)16(20)10-30-32)23(34)33-4-5-35-19-7-11-6-12(24(26,27)28)2-3-13(11)21(19)33/h2-3,6,8-10,19,21H,4-5,7H2,1H3,(H2,29,31). The number of hydrogen-bond acceptors (Lipinski definition) is 5. The van der Waals surface area contributed by atoms with Gasteiger partial charge in [0.15, 0.2) is 0 Å². The number of nitrogens with two attached hydrogens (primary N) is 1. The molecule has 2 aromatic carbocycles. The van der Waals surface area contributed by atoms with Crippen molar-refractivity contribution in [3.63, 3.8) is 0 Å². The van der Waals surface area contributed by atoms with Crippen molar-refractivity contribution in [2.75, 3.05) is 18.9 Å². The Labute approximate surface area is 196 Å². The number of aryl methyl sites for hydroxylation is 1. The molecule has 0 spiro atoms. The molecule has 1 amide bonds. The van der Waals surface area contributed by atoms with Crippen molar-refractivity contribution in [3.05, 3.63) is 64.6 Å². The first-order valence-electron chi connectivity index (χ1n) is 11.0. The van der Waals surface area contributed by atoms with Crippen molar-refractivity contribution in [2.24, 2.45) is 7.05 Å². The minimum absolute atomic E-state index is 0.160. The Morgan fingerprint density at radius 3 is 2.77 bits per heavy atom. The van der Waals surface area contributed by atoms with Crippen LogP contribution in [0.15, 0.2) is 36.5 Å². The van der Waals surface area contributed by atoms with Crippen LogP contribution in [-0.2, 0) is 24.4 Å². The highest BCUT2D eigenvalue weighted by Gasteiger charge is 2.44. The van der Waals surface area contributed by atoms with Crippen LogP contribution in [0.25, 0.3) is 21.8 Å².